The van der Waals surface area contributed by atoms with Crippen molar-refractivity contribution in [2.45, 2.75) is 19.3 Å². The number of ether oxygens (including phenoxy) is 1. The summed E-state index contributed by atoms with van der Waals surface area (Å²) in [6.45, 7) is 1.77. The van der Waals surface area contributed by atoms with Crippen molar-refractivity contribution < 1.29 is 19.4 Å². The van der Waals surface area contributed by atoms with Crippen LogP contribution in [0.3, 0.4) is 0 Å². The first kappa shape index (κ1) is 23.1. The maximum atomic E-state index is 12.7. The average molecular weight is 462 g/mol. The number of nitrogens with two attached hydrogens (primary N) is 2. The standard InChI is InChI=1S/C25H27N5O4/c1-14-22(25(33)34-3)23(20-12-19(20)21(26)13-29(2)27)30(28-14)18-9-5-7-16(11-18)15-6-4-8-17(10-15)24(31)32/h4-11,13,19-20H,12,26-27H2,1-3H3,(H,31,32)/b21-13-. The molecule has 4 rings (SSSR count). The Balaban J connectivity index is 1.80. The third kappa shape index (κ3) is 4.38. The second-order valence-electron chi connectivity index (χ2n) is 8.43. The molecule has 1 aliphatic rings. The number of carbonyl (C=O) groups excluding carboxylic acids is 1. The van der Waals surface area contributed by atoms with Crippen LogP contribution in [0.15, 0.2) is 60.4 Å². The van der Waals surface area contributed by atoms with Crippen LogP contribution in [0.2, 0.25) is 0 Å². The van der Waals surface area contributed by atoms with E-state index < -0.39 is 11.9 Å². The van der Waals surface area contributed by atoms with Crippen LogP contribution in [-0.2, 0) is 4.74 Å². The smallest absolute Gasteiger partial charge is 0.341 e. The summed E-state index contributed by atoms with van der Waals surface area (Å²) >= 11 is 0. The van der Waals surface area contributed by atoms with Gasteiger partial charge in [0.2, 0.25) is 0 Å². The molecule has 2 unspecified atom stereocenters. The van der Waals surface area contributed by atoms with Crippen molar-refractivity contribution in [3.63, 3.8) is 0 Å². The molecule has 0 aliphatic heterocycles. The summed E-state index contributed by atoms with van der Waals surface area (Å²) in [4.78, 5) is 24.1. The highest BCUT2D eigenvalue weighted by molar-refractivity contribution is 5.92. The predicted molar refractivity (Wildman–Crippen MR) is 127 cm³/mol. The van der Waals surface area contributed by atoms with E-state index in [2.05, 4.69) is 5.10 Å². The zero-order valence-electron chi connectivity index (χ0n) is 19.2. The Labute approximate surface area is 197 Å². The van der Waals surface area contributed by atoms with Crippen molar-refractivity contribution in [1.82, 2.24) is 14.8 Å². The molecule has 0 saturated heterocycles. The van der Waals surface area contributed by atoms with Gasteiger partial charge in [-0.25, -0.2) is 20.1 Å². The summed E-state index contributed by atoms with van der Waals surface area (Å²) < 4.78 is 6.81. The van der Waals surface area contributed by atoms with E-state index in [4.69, 9.17) is 16.3 Å². The molecule has 0 spiro atoms. The lowest BCUT2D eigenvalue weighted by Crippen LogP contribution is -2.21. The van der Waals surface area contributed by atoms with Crippen molar-refractivity contribution in [1.29, 1.82) is 0 Å². The first-order chi connectivity index (χ1) is 16.2. The van der Waals surface area contributed by atoms with Gasteiger partial charge in [0.25, 0.3) is 0 Å². The molecule has 3 aromatic rings. The molecule has 9 heteroatoms. The largest absolute Gasteiger partial charge is 0.478 e. The lowest BCUT2D eigenvalue weighted by atomic mass is 10.0. The fourth-order valence-electron chi connectivity index (χ4n) is 4.28. The second kappa shape index (κ2) is 9.03. The molecule has 0 radical (unpaired) electrons. The molecule has 0 bridgehead atoms. The molecule has 2 atom stereocenters. The van der Waals surface area contributed by atoms with Crippen LogP contribution in [-0.4, -0.2) is 46.0 Å². The Morgan fingerprint density at radius 1 is 1.21 bits per heavy atom. The van der Waals surface area contributed by atoms with Gasteiger partial charge in [0.05, 0.1) is 29.7 Å². The highest BCUT2D eigenvalue weighted by Gasteiger charge is 2.46. The summed E-state index contributed by atoms with van der Waals surface area (Å²) in [6, 6.07) is 14.3. The minimum absolute atomic E-state index is 0.0227. The normalized spacial score (nSPS) is 17.4. The maximum absolute atomic E-state index is 12.7. The minimum Gasteiger partial charge on any atom is -0.478 e. The molecule has 1 aromatic heterocycles. The summed E-state index contributed by atoms with van der Waals surface area (Å²) in [7, 11) is 3.05. The molecule has 34 heavy (non-hydrogen) atoms. The van der Waals surface area contributed by atoms with Gasteiger partial charge in [-0.05, 0) is 48.7 Å². The number of nitrogens with zero attached hydrogens (tertiary/aromatic N) is 3. The average Bonchev–Trinajstić information content (AvgIpc) is 3.54. The Hall–Kier alpha value is -4.11. The van der Waals surface area contributed by atoms with Gasteiger partial charge >= 0.3 is 11.9 Å². The van der Waals surface area contributed by atoms with E-state index in [-0.39, 0.29) is 17.4 Å². The number of rotatable bonds is 7. The van der Waals surface area contributed by atoms with E-state index in [0.717, 1.165) is 28.9 Å². The van der Waals surface area contributed by atoms with Crippen LogP contribution in [0.1, 0.15) is 44.4 Å². The van der Waals surface area contributed by atoms with Gasteiger partial charge in [0.15, 0.2) is 0 Å². The second-order valence-corrected chi connectivity index (χ2v) is 8.43. The Morgan fingerprint density at radius 2 is 1.88 bits per heavy atom. The van der Waals surface area contributed by atoms with Gasteiger partial charge in [-0.2, -0.15) is 5.10 Å². The fourth-order valence-corrected chi connectivity index (χ4v) is 4.28. The number of hydrogen-bond donors (Lipinski definition) is 3. The minimum atomic E-state index is -0.987. The van der Waals surface area contributed by atoms with E-state index in [1.54, 1.807) is 43.1 Å². The Kier molecular flexibility index (Phi) is 6.12. The molecule has 1 aliphatic carbocycles. The Bertz CT molecular complexity index is 1290. The number of aromatic carboxylic acids is 1. The maximum Gasteiger partial charge on any atom is 0.341 e. The number of aryl methyl sites for hydroxylation is 1. The topological polar surface area (TPSA) is 137 Å². The molecule has 2 aromatic carbocycles. The zero-order valence-corrected chi connectivity index (χ0v) is 19.2. The van der Waals surface area contributed by atoms with Crippen molar-refractivity contribution in [3.8, 4) is 16.8 Å². The molecule has 9 nitrogen and oxygen atoms in total. The lowest BCUT2D eigenvalue weighted by Gasteiger charge is -2.12. The lowest BCUT2D eigenvalue weighted by molar-refractivity contribution is 0.0597. The number of hydrogen-bond acceptors (Lipinski definition) is 7. The summed E-state index contributed by atoms with van der Waals surface area (Å²) in [5, 5.41) is 15.4. The number of methoxy groups -OCH3 is 1. The summed E-state index contributed by atoms with van der Waals surface area (Å²) in [5.74, 6) is 4.28. The number of carboxylic acids is 1. The van der Waals surface area contributed by atoms with Crippen molar-refractivity contribution in [3.05, 3.63) is 82.9 Å². The third-order valence-corrected chi connectivity index (χ3v) is 5.94. The van der Waals surface area contributed by atoms with Gasteiger partial charge < -0.3 is 20.6 Å². The van der Waals surface area contributed by atoms with Crippen LogP contribution < -0.4 is 11.6 Å². The molecule has 176 valence electrons. The van der Waals surface area contributed by atoms with Gasteiger partial charge in [-0.3, -0.25) is 0 Å². The first-order valence-electron chi connectivity index (χ1n) is 10.8. The molecule has 5 N–H and O–H groups in total. The number of esters is 1. The van der Waals surface area contributed by atoms with Gasteiger partial charge in [0, 0.05) is 30.8 Å². The van der Waals surface area contributed by atoms with E-state index in [0.29, 0.717) is 17.0 Å². The zero-order chi connectivity index (χ0) is 24.6. The van der Waals surface area contributed by atoms with E-state index in [1.807, 2.05) is 30.3 Å². The molecule has 1 saturated carbocycles. The number of aromatic nitrogens is 2. The number of carbonyl (C=O) groups is 2. The number of benzene rings is 2. The van der Waals surface area contributed by atoms with E-state index in [9.17, 15) is 14.7 Å². The van der Waals surface area contributed by atoms with Gasteiger partial charge in [0.1, 0.15) is 5.56 Å². The molecule has 0 amide bonds. The third-order valence-electron chi connectivity index (χ3n) is 5.94. The first-order valence-corrected chi connectivity index (χ1v) is 10.8. The van der Waals surface area contributed by atoms with Crippen LogP contribution in [0.4, 0.5) is 0 Å². The Morgan fingerprint density at radius 3 is 2.53 bits per heavy atom. The number of allylic oxidation sites excluding steroid dienone is 1. The van der Waals surface area contributed by atoms with Crippen LogP contribution in [0.5, 0.6) is 0 Å². The molecular weight excluding hydrogens is 434 g/mol. The number of carboxylic acid groups (broad SMARTS) is 1. The molecular formula is C25H27N5O4. The fraction of sp³-hybridized carbons (Fsp3) is 0.240. The predicted octanol–water partition coefficient (Wildman–Crippen LogP) is 3.04. The van der Waals surface area contributed by atoms with Crippen LogP contribution in [0, 0.1) is 12.8 Å². The number of hydrazine groups is 1. The SMILES string of the molecule is COC(=O)c1c(C)nn(-c2cccc(-c3cccc(C(=O)O)c3)c2)c1C1CC1/C(N)=C/N(C)N. The highest BCUT2D eigenvalue weighted by atomic mass is 16.5. The van der Waals surface area contributed by atoms with E-state index in [1.165, 1.54) is 12.1 Å². The summed E-state index contributed by atoms with van der Waals surface area (Å²) in [5.41, 5.74) is 11.2. The van der Waals surface area contributed by atoms with Crippen LogP contribution >= 0.6 is 0 Å². The van der Waals surface area contributed by atoms with Crippen LogP contribution in [0.25, 0.3) is 16.8 Å². The van der Waals surface area contributed by atoms with Crippen molar-refractivity contribution in [2.75, 3.05) is 14.2 Å². The monoisotopic (exact) mass is 461 g/mol. The van der Waals surface area contributed by atoms with Crippen molar-refractivity contribution >= 4 is 11.9 Å². The molecule has 1 heterocycles. The van der Waals surface area contributed by atoms with Crippen molar-refractivity contribution in [2.24, 2.45) is 17.5 Å². The quantitative estimate of drug-likeness (QED) is 0.277. The highest BCUT2D eigenvalue weighted by Crippen LogP contribution is 2.52. The summed E-state index contributed by atoms with van der Waals surface area (Å²) in [6.07, 6.45) is 2.43. The van der Waals surface area contributed by atoms with E-state index >= 15 is 0 Å². The van der Waals surface area contributed by atoms with Gasteiger partial charge in [-0.1, -0.05) is 24.3 Å². The molecule has 1 fully saturated rings. The van der Waals surface area contributed by atoms with Gasteiger partial charge in [-0.15, -0.1) is 0 Å².